The minimum absolute atomic E-state index is 0.0782. The monoisotopic (exact) mass is 262 g/mol. The SMILES string of the molecule is Cc1nc(CN[C@@H](CO)Cc2ccccc2)cs1. The number of hydrogen-bond donors (Lipinski definition) is 2. The molecular weight excluding hydrogens is 244 g/mol. The van der Waals surface area contributed by atoms with E-state index in [-0.39, 0.29) is 12.6 Å². The quantitative estimate of drug-likeness (QED) is 0.838. The van der Waals surface area contributed by atoms with Gasteiger partial charge in [-0.15, -0.1) is 11.3 Å². The highest BCUT2D eigenvalue weighted by atomic mass is 32.1. The number of nitrogens with one attached hydrogen (secondary N) is 1. The van der Waals surface area contributed by atoms with E-state index in [1.54, 1.807) is 11.3 Å². The van der Waals surface area contributed by atoms with Crippen molar-refractivity contribution in [2.75, 3.05) is 6.61 Å². The standard InChI is InChI=1S/C14H18N2OS/c1-11-16-14(10-18-11)8-15-13(9-17)7-12-5-3-2-4-6-12/h2-6,10,13,15,17H,7-9H2,1H3/t13-/m1/s1. The molecule has 1 aromatic heterocycles. The third kappa shape index (κ3) is 3.91. The molecule has 2 N–H and O–H groups in total. The number of aromatic nitrogens is 1. The molecule has 2 aromatic rings. The summed E-state index contributed by atoms with van der Waals surface area (Å²) >= 11 is 1.65. The zero-order chi connectivity index (χ0) is 12.8. The second-order valence-corrected chi connectivity index (χ2v) is 5.37. The molecule has 0 saturated carbocycles. The average Bonchev–Trinajstić information content (AvgIpc) is 2.81. The van der Waals surface area contributed by atoms with Gasteiger partial charge < -0.3 is 10.4 Å². The van der Waals surface area contributed by atoms with E-state index in [1.807, 2.05) is 25.1 Å². The van der Waals surface area contributed by atoms with Crippen molar-refractivity contribution in [3.63, 3.8) is 0 Å². The summed E-state index contributed by atoms with van der Waals surface area (Å²) in [6.07, 6.45) is 0.834. The fourth-order valence-electron chi connectivity index (χ4n) is 1.84. The highest BCUT2D eigenvalue weighted by Crippen LogP contribution is 2.08. The summed E-state index contributed by atoms with van der Waals surface area (Å²) < 4.78 is 0. The van der Waals surface area contributed by atoms with Crippen LogP contribution < -0.4 is 5.32 Å². The minimum atomic E-state index is 0.0782. The summed E-state index contributed by atoms with van der Waals surface area (Å²) in [5.74, 6) is 0. The molecule has 0 aliphatic carbocycles. The molecule has 3 nitrogen and oxygen atoms in total. The number of aliphatic hydroxyl groups is 1. The number of nitrogens with zero attached hydrogens (tertiary/aromatic N) is 1. The lowest BCUT2D eigenvalue weighted by atomic mass is 10.1. The van der Waals surface area contributed by atoms with Crippen LogP contribution in [0.4, 0.5) is 0 Å². The highest BCUT2D eigenvalue weighted by Gasteiger charge is 2.08. The predicted octanol–water partition coefficient (Wildman–Crippen LogP) is 2.14. The highest BCUT2D eigenvalue weighted by molar-refractivity contribution is 7.09. The topological polar surface area (TPSA) is 45.2 Å². The van der Waals surface area contributed by atoms with Gasteiger partial charge in [-0.25, -0.2) is 4.98 Å². The number of benzene rings is 1. The summed E-state index contributed by atoms with van der Waals surface area (Å²) in [5.41, 5.74) is 2.28. The largest absolute Gasteiger partial charge is 0.395 e. The van der Waals surface area contributed by atoms with Crippen molar-refractivity contribution >= 4 is 11.3 Å². The van der Waals surface area contributed by atoms with E-state index < -0.39 is 0 Å². The van der Waals surface area contributed by atoms with E-state index in [4.69, 9.17) is 0 Å². The molecule has 0 spiro atoms. The lowest BCUT2D eigenvalue weighted by Gasteiger charge is -2.15. The lowest BCUT2D eigenvalue weighted by Crippen LogP contribution is -2.34. The minimum Gasteiger partial charge on any atom is -0.395 e. The Balaban J connectivity index is 1.86. The molecule has 2 rings (SSSR count). The first kappa shape index (κ1) is 13.2. The first-order valence-corrected chi connectivity index (χ1v) is 6.95. The maximum Gasteiger partial charge on any atom is 0.0897 e. The maximum absolute atomic E-state index is 9.39. The van der Waals surface area contributed by atoms with Crippen LogP contribution in [-0.2, 0) is 13.0 Å². The summed E-state index contributed by atoms with van der Waals surface area (Å²) in [6.45, 7) is 2.85. The Bertz CT molecular complexity index is 470. The van der Waals surface area contributed by atoms with Crippen LogP contribution in [0.5, 0.6) is 0 Å². The first-order chi connectivity index (χ1) is 8.78. The fraction of sp³-hybridized carbons (Fsp3) is 0.357. The van der Waals surface area contributed by atoms with E-state index in [1.165, 1.54) is 5.56 Å². The zero-order valence-electron chi connectivity index (χ0n) is 10.5. The van der Waals surface area contributed by atoms with Gasteiger partial charge in [0, 0.05) is 18.0 Å². The summed E-state index contributed by atoms with van der Waals surface area (Å²) in [6, 6.07) is 10.3. The van der Waals surface area contributed by atoms with Gasteiger partial charge in [-0.2, -0.15) is 0 Å². The third-order valence-electron chi connectivity index (χ3n) is 2.78. The summed E-state index contributed by atoms with van der Waals surface area (Å²) in [5, 5.41) is 15.9. The van der Waals surface area contributed by atoms with Gasteiger partial charge >= 0.3 is 0 Å². The van der Waals surface area contributed by atoms with Gasteiger partial charge in [0.2, 0.25) is 0 Å². The van der Waals surface area contributed by atoms with Gasteiger partial charge in [-0.05, 0) is 18.9 Å². The maximum atomic E-state index is 9.39. The van der Waals surface area contributed by atoms with Gasteiger partial charge in [-0.1, -0.05) is 30.3 Å². The van der Waals surface area contributed by atoms with Crippen LogP contribution in [-0.4, -0.2) is 22.7 Å². The molecule has 18 heavy (non-hydrogen) atoms. The molecule has 0 unspecified atom stereocenters. The molecule has 0 aliphatic heterocycles. The molecule has 0 bridgehead atoms. The van der Waals surface area contributed by atoms with Crippen LogP contribution in [0.2, 0.25) is 0 Å². The summed E-state index contributed by atoms with van der Waals surface area (Å²) in [7, 11) is 0. The second-order valence-electron chi connectivity index (χ2n) is 4.31. The van der Waals surface area contributed by atoms with Crippen molar-refractivity contribution in [2.45, 2.75) is 25.9 Å². The Morgan fingerprint density at radius 3 is 2.72 bits per heavy atom. The number of rotatable bonds is 6. The van der Waals surface area contributed by atoms with Gasteiger partial charge in [-0.3, -0.25) is 0 Å². The molecule has 0 aliphatic rings. The number of aryl methyl sites for hydroxylation is 1. The molecule has 1 heterocycles. The van der Waals surface area contributed by atoms with Crippen LogP contribution in [0.1, 0.15) is 16.3 Å². The molecule has 4 heteroatoms. The van der Waals surface area contributed by atoms with Gasteiger partial charge in [0.1, 0.15) is 0 Å². The van der Waals surface area contributed by atoms with Crippen molar-refractivity contribution in [1.29, 1.82) is 0 Å². The van der Waals surface area contributed by atoms with E-state index in [9.17, 15) is 5.11 Å². The van der Waals surface area contributed by atoms with Crippen molar-refractivity contribution in [1.82, 2.24) is 10.3 Å². The van der Waals surface area contributed by atoms with Crippen LogP contribution in [0.3, 0.4) is 0 Å². The molecule has 96 valence electrons. The van der Waals surface area contributed by atoms with Gasteiger partial charge in [0.15, 0.2) is 0 Å². The fourth-order valence-corrected chi connectivity index (χ4v) is 2.45. The molecular formula is C14H18N2OS. The molecule has 0 saturated heterocycles. The van der Waals surface area contributed by atoms with Gasteiger partial charge in [0.25, 0.3) is 0 Å². The Morgan fingerprint density at radius 2 is 2.11 bits per heavy atom. The van der Waals surface area contributed by atoms with Crippen molar-refractivity contribution in [3.05, 3.63) is 52.0 Å². The molecule has 0 amide bonds. The molecule has 1 aromatic carbocycles. The normalized spacial score (nSPS) is 12.6. The first-order valence-electron chi connectivity index (χ1n) is 6.07. The Labute approximate surface area is 112 Å². The summed E-state index contributed by atoms with van der Waals surface area (Å²) in [4.78, 5) is 4.40. The third-order valence-corrected chi connectivity index (χ3v) is 3.61. The van der Waals surface area contributed by atoms with E-state index in [0.29, 0.717) is 6.54 Å². The van der Waals surface area contributed by atoms with E-state index >= 15 is 0 Å². The number of aliphatic hydroxyl groups excluding tert-OH is 1. The van der Waals surface area contributed by atoms with Crippen molar-refractivity contribution < 1.29 is 5.11 Å². The second kappa shape index (κ2) is 6.64. The van der Waals surface area contributed by atoms with Gasteiger partial charge in [0.05, 0.1) is 17.3 Å². The average molecular weight is 262 g/mol. The van der Waals surface area contributed by atoms with Crippen molar-refractivity contribution in [3.8, 4) is 0 Å². The molecule has 0 radical (unpaired) electrons. The van der Waals surface area contributed by atoms with E-state index in [0.717, 1.165) is 17.1 Å². The Hall–Kier alpha value is -1.23. The zero-order valence-corrected chi connectivity index (χ0v) is 11.3. The van der Waals surface area contributed by atoms with Crippen LogP contribution >= 0.6 is 11.3 Å². The van der Waals surface area contributed by atoms with E-state index in [2.05, 4.69) is 27.8 Å². The van der Waals surface area contributed by atoms with Crippen LogP contribution in [0.25, 0.3) is 0 Å². The van der Waals surface area contributed by atoms with Crippen LogP contribution in [0.15, 0.2) is 35.7 Å². The predicted molar refractivity (Wildman–Crippen MR) is 74.7 cm³/mol. The number of thiazole rings is 1. The molecule has 0 fully saturated rings. The lowest BCUT2D eigenvalue weighted by molar-refractivity contribution is 0.240. The molecule has 1 atom stereocenters. The van der Waals surface area contributed by atoms with Crippen LogP contribution in [0, 0.1) is 6.92 Å². The van der Waals surface area contributed by atoms with Crippen molar-refractivity contribution in [2.24, 2.45) is 0 Å². The number of hydrogen-bond acceptors (Lipinski definition) is 4. The smallest absolute Gasteiger partial charge is 0.0897 e. The Morgan fingerprint density at radius 1 is 1.33 bits per heavy atom. The Kier molecular flexibility index (Phi) is 4.87.